The van der Waals surface area contributed by atoms with Gasteiger partial charge in [0.25, 0.3) is 0 Å². The molecule has 0 heterocycles. The summed E-state index contributed by atoms with van der Waals surface area (Å²) in [5, 5.41) is 0. The molecule has 0 aliphatic carbocycles. The van der Waals surface area contributed by atoms with Crippen LogP contribution >= 0.6 is 0 Å². The quantitative estimate of drug-likeness (QED) is 0.235. The van der Waals surface area contributed by atoms with E-state index in [0.29, 0.717) is 0 Å². The van der Waals surface area contributed by atoms with Crippen LogP contribution in [0.1, 0.15) is 0 Å². The normalized spacial score (nSPS) is 6.80. The average Bonchev–Trinajstić information content (AvgIpc) is 1.25. The molecule has 0 aromatic rings. The number of thiol groups is 2. The van der Waals surface area contributed by atoms with E-state index in [1.807, 2.05) is 0 Å². The van der Waals surface area contributed by atoms with Gasteiger partial charge in [-0.25, -0.2) is 16.8 Å². The van der Waals surface area contributed by atoms with Gasteiger partial charge in [-0.05, 0) is 0 Å². The first-order valence-electron chi connectivity index (χ1n) is 1.10. The van der Waals surface area contributed by atoms with E-state index in [-0.39, 0.29) is 28.5 Å². The van der Waals surface area contributed by atoms with E-state index < -0.39 is 22.0 Å². The van der Waals surface area contributed by atoms with Crippen molar-refractivity contribution in [1.29, 1.82) is 0 Å². The van der Waals surface area contributed by atoms with E-state index in [1.165, 1.54) is 0 Å². The Labute approximate surface area is 76.5 Å². The summed E-state index contributed by atoms with van der Waals surface area (Å²) in [5.41, 5.74) is 0. The molecule has 0 aliphatic rings. The summed E-state index contributed by atoms with van der Waals surface area (Å²) < 4.78 is 50.9. The maximum absolute atomic E-state index is 8.48. The van der Waals surface area contributed by atoms with Gasteiger partial charge in [-0.3, -0.25) is 0 Å². The predicted octanol–water partition coefficient (Wildman–Crippen LogP) is -3.75. The fourth-order valence-corrected chi connectivity index (χ4v) is 0. The molecule has 10 heteroatoms. The standard InChI is InChI=1S/Mg.2H2O3S.H2O/c;2*1-4(2)3;/h;2*4H,(H,1,2,3);1H2/q+2;;;/p-2. The van der Waals surface area contributed by atoms with Crippen molar-refractivity contribution in [3.63, 3.8) is 0 Å². The SMILES string of the molecule is O.O=[SH](=O)[O-].O=[SH](=O)[O-].[Mg+2]. The van der Waals surface area contributed by atoms with Gasteiger partial charge in [0, 0.05) is 0 Å². The summed E-state index contributed by atoms with van der Waals surface area (Å²) in [6.07, 6.45) is 0. The molecule has 0 unspecified atom stereocenters. The Morgan fingerprint density at radius 2 is 0.800 bits per heavy atom. The van der Waals surface area contributed by atoms with E-state index in [4.69, 9.17) is 25.9 Å². The largest absolute Gasteiger partial charge is 2.00 e. The van der Waals surface area contributed by atoms with E-state index in [9.17, 15) is 0 Å². The summed E-state index contributed by atoms with van der Waals surface area (Å²) >= 11 is 0. The molecule has 0 bridgehead atoms. The molecule has 0 aromatic heterocycles. The molecule has 2 N–H and O–H groups in total. The third-order valence-electron chi connectivity index (χ3n) is 0. The van der Waals surface area contributed by atoms with Gasteiger partial charge in [0.2, 0.25) is 0 Å². The third-order valence-corrected chi connectivity index (χ3v) is 0. The summed E-state index contributed by atoms with van der Waals surface area (Å²) in [6, 6.07) is 0. The second kappa shape index (κ2) is 16.3. The van der Waals surface area contributed by atoms with Crippen molar-refractivity contribution in [2.24, 2.45) is 0 Å². The molecule has 0 aromatic carbocycles. The zero-order valence-corrected chi connectivity index (χ0v) is 7.75. The molecule has 0 amide bonds. The molecule has 0 saturated carbocycles. The number of hydrogen-bond acceptors (Lipinski definition) is 6. The number of hydrogen-bond donors (Lipinski definition) is 2. The van der Waals surface area contributed by atoms with Crippen molar-refractivity contribution in [3.05, 3.63) is 0 Å². The van der Waals surface area contributed by atoms with Crippen LogP contribution in [-0.2, 0) is 22.0 Å². The van der Waals surface area contributed by atoms with Crippen LogP contribution in [0.15, 0.2) is 0 Å². The smallest absolute Gasteiger partial charge is 0.750 e. The van der Waals surface area contributed by atoms with E-state index in [2.05, 4.69) is 0 Å². The minimum Gasteiger partial charge on any atom is -0.750 e. The maximum atomic E-state index is 8.48. The van der Waals surface area contributed by atoms with Gasteiger partial charge in [-0.1, -0.05) is 0 Å². The zero-order valence-electron chi connectivity index (χ0n) is 4.55. The molecule has 0 saturated heterocycles. The van der Waals surface area contributed by atoms with Gasteiger partial charge in [0.1, 0.15) is 0 Å². The summed E-state index contributed by atoms with van der Waals surface area (Å²) in [7, 11) is -6.74. The predicted molar refractivity (Wildman–Crippen MR) is 31.6 cm³/mol. The fourth-order valence-electron chi connectivity index (χ4n) is 0. The maximum Gasteiger partial charge on any atom is 2.00 e. The third kappa shape index (κ3) is 1630. The van der Waals surface area contributed by atoms with Crippen LogP contribution in [0.2, 0.25) is 0 Å². The molecule has 0 atom stereocenters. The van der Waals surface area contributed by atoms with Crippen molar-refractivity contribution in [2.75, 3.05) is 0 Å². The minimum absolute atomic E-state index is 0. The van der Waals surface area contributed by atoms with E-state index in [0.717, 1.165) is 0 Å². The summed E-state index contributed by atoms with van der Waals surface area (Å²) in [6.45, 7) is 0. The molecule has 7 nitrogen and oxygen atoms in total. The molecule has 0 radical (unpaired) electrons. The molecule has 60 valence electrons. The Morgan fingerprint density at radius 1 is 0.800 bits per heavy atom. The molecule has 0 fully saturated rings. The van der Waals surface area contributed by atoms with Crippen molar-refractivity contribution in [3.8, 4) is 0 Å². The van der Waals surface area contributed by atoms with Crippen LogP contribution < -0.4 is 0 Å². The van der Waals surface area contributed by atoms with Gasteiger partial charge in [0.05, 0.1) is 22.0 Å². The van der Waals surface area contributed by atoms with E-state index >= 15 is 0 Å². The first-order chi connectivity index (χ1) is 3.46. The van der Waals surface area contributed by atoms with Crippen molar-refractivity contribution < 1.29 is 31.4 Å². The molecular weight excluding hydrogens is 200 g/mol. The first-order valence-corrected chi connectivity index (χ1v) is 3.29. The summed E-state index contributed by atoms with van der Waals surface area (Å²) in [4.78, 5) is 0. The topological polar surface area (TPSA) is 146 Å². The Morgan fingerprint density at radius 3 is 0.800 bits per heavy atom. The van der Waals surface area contributed by atoms with Gasteiger partial charge in [0.15, 0.2) is 0 Å². The van der Waals surface area contributed by atoms with Gasteiger partial charge in [-0.2, -0.15) is 0 Å². The van der Waals surface area contributed by atoms with Crippen molar-refractivity contribution >= 4 is 45.0 Å². The van der Waals surface area contributed by atoms with Crippen LogP contribution in [-0.4, -0.2) is 54.5 Å². The van der Waals surface area contributed by atoms with Crippen molar-refractivity contribution in [1.82, 2.24) is 0 Å². The van der Waals surface area contributed by atoms with Crippen LogP contribution in [0.3, 0.4) is 0 Å². The van der Waals surface area contributed by atoms with Gasteiger partial charge < -0.3 is 14.6 Å². The molecule has 0 aliphatic heterocycles. The Bertz CT molecular complexity index is 128. The van der Waals surface area contributed by atoms with Crippen LogP contribution in [0.5, 0.6) is 0 Å². The minimum atomic E-state index is -3.37. The zero-order chi connectivity index (χ0) is 7.15. The van der Waals surface area contributed by atoms with Crippen LogP contribution in [0, 0.1) is 0 Å². The summed E-state index contributed by atoms with van der Waals surface area (Å²) in [5.74, 6) is 0. The second-order valence-corrected chi connectivity index (χ2v) is 1.34. The monoisotopic (exact) mass is 204 g/mol. The number of rotatable bonds is 0. The van der Waals surface area contributed by atoms with Gasteiger partial charge in [-0.15, -0.1) is 0 Å². The van der Waals surface area contributed by atoms with Crippen LogP contribution in [0.4, 0.5) is 0 Å². The van der Waals surface area contributed by atoms with Crippen molar-refractivity contribution in [2.45, 2.75) is 0 Å². The Hall–Kier alpha value is 0.546. The first kappa shape index (κ1) is 22.4. The average molecular weight is 204 g/mol. The molecule has 0 rings (SSSR count). The molecule has 10 heavy (non-hydrogen) atoms. The fraction of sp³-hybridized carbons (Fsp3) is 0. The Balaban J connectivity index is -0.0000000300. The molecular formula is H4MgO7S2. The van der Waals surface area contributed by atoms with Crippen LogP contribution in [0.25, 0.3) is 0 Å². The second-order valence-electron chi connectivity index (χ2n) is 0.447. The Kier molecular flexibility index (Phi) is 36.5. The van der Waals surface area contributed by atoms with E-state index in [1.54, 1.807) is 0 Å². The van der Waals surface area contributed by atoms with Gasteiger partial charge >= 0.3 is 23.1 Å². The molecule has 0 spiro atoms.